The van der Waals surface area contributed by atoms with Crippen LogP contribution in [0.4, 0.5) is 18.9 Å². The summed E-state index contributed by atoms with van der Waals surface area (Å²) in [6, 6.07) is 2.19. The van der Waals surface area contributed by atoms with Gasteiger partial charge < -0.3 is 15.6 Å². The molecule has 0 saturated carbocycles. The van der Waals surface area contributed by atoms with Crippen molar-refractivity contribution in [3.8, 4) is 5.75 Å². The molecule has 0 amide bonds. The fourth-order valence-electron chi connectivity index (χ4n) is 1.09. The Hall–Kier alpha value is -1.70. The van der Waals surface area contributed by atoms with Gasteiger partial charge in [0, 0.05) is 27.9 Å². The van der Waals surface area contributed by atoms with Gasteiger partial charge in [0.05, 0.1) is 0 Å². The van der Waals surface area contributed by atoms with E-state index in [0.717, 1.165) is 12.1 Å². The number of nitrogens with two attached hydrogens (primary N) is 1. The van der Waals surface area contributed by atoms with Crippen LogP contribution in [0.5, 0.6) is 5.75 Å². The van der Waals surface area contributed by atoms with Crippen molar-refractivity contribution in [3.05, 3.63) is 28.2 Å². The van der Waals surface area contributed by atoms with Gasteiger partial charge in [-0.05, 0) is 28.1 Å². The summed E-state index contributed by atoms with van der Waals surface area (Å²) >= 11 is 3.02. The van der Waals surface area contributed by atoms with Gasteiger partial charge >= 0.3 is 12.3 Å². The van der Waals surface area contributed by atoms with E-state index in [1.807, 2.05) is 0 Å². The molecule has 3 N–H and O–H groups in total. The molecule has 18 heavy (non-hydrogen) atoms. The van der Waals surface area contributed by atoms with E-state index >= 15 is 0 Å². The summed E-state index contributed by atoms with van der Waals surface area (Å²) in [7, 11) is 0. The van der Waals surface area contributed by atoms with Crippen LogP contribution in [0.25, 0.3) is 6.08 Å². The summed E-state index contributed by atoms with van der Waals surface area (Å²) in [5.41, 5.74) is 5.41. The standard InChI is InChI=1S/C10H7BrF3NO3/c11-6-3-5(1-2-9(16)17)8(4-7(6)15)18-10(12,13)14/h1-4H,15H2,(H,16,17)/b2-1+. The van der Waals surface area contributed by atoms with Gasteiger partial charge in [-0.3, -0.25) is 0 Å². The Morgan fingerprint density at radius 3 is 2.56 bits per heavy atom. The number of nitrogen functional groups attached to an aromatic ring is 1. The first-order chi connectivity index (χ1) is 8.19. The molecule has 8 heteroatoms. The number of anilines is 1. The Bertz CT molecular complexity index is 500. The quantitative estimate of drug-likeness (QED) is 0.661. The van der Waals surface area contributed by atoms with Gasteiger partial charge in [-0.1, -0.05) is 0 Å². The Labute approximate surface area is 108 Å². The maximum atomic E-state index is 12.1. The van der Waals surface area contributed by atoms with Crippen molar-refractivity contribution in [2.24, 2.45) is 0 Å². The van der Waals surface area contributed by atoms with Crippen LogP contribution in [0.1, 0.15) is 5.56 Å². The van der Waals surface area contributed by atoms with E-state index in [4.69, 9.17) is 10.8 Å². The molecule has 0 unspecified atom stereocenters. The fourth-order valence-corrected chi connectivity index (χ4v) is 1.45. The van der Waals surface area contributed by atoms with E-state index in [2.05, 4.69) is 20.7 Å². The highest BCUT2D eigenvalue weighted by molar-refractivity contribution is 9.10. The number of hydrogen-bond donors (Lipinski definition) is 2. The molecule has 0 heterocycles. The lowest BCUT2D eigenvalue weighted by atomic mass is 10.1. The number of carbonyl (C=O) groups is 1. The molecule has 0 radical (unpaired) electrons. The van der Waals surface area contributed by atoms with Gasteiger partial charge in [0.15, 0.2) is 0 Å². The Morgan fingerprint density at radius 1 is 1.44 bits per heavy atom. The summed E-state index contributed by atoms with van der Waals surface area (Å²) in [5.74, 6) is -1.86. The van der Waals surface area contributed by atoms with E-state index in [1.165, 1.54) is 6.07 Å². The molecule has 0 saturated heterocycles. The lowest BCUT2D eigenvalue weighted by molar-refractivity contribution is -0.274. The van der Waals surface area contributed by atoms with Crippen LogP contribution in [0.15, 0.2) is 22.7 Å². The lowest BCUT2D eigenvalue weighted by Gasteiger charge is -2.12. The van der Waals surface area contributed by atoms with Gasteiger partial charge in [0.25, 0.3) is 0 Å². The van der Waals surface area contributed by atoms with Crippen molar-refractivity contribution in [2.45, 2.75) is 6.36 Å². The first kappa shape index (κ1) is 14.4. The third-order valence-corrected chi connectivity index (χ3v) is 2.45. The molecule has 0 bridgehead atoms. The Balaban J connectivity index is 3.21. The fraction of sp³-hybridized carbons (Fsp3) is 0.100. The Morgan fingerprint density at radius 2 is 2.06 bits per heavy atom. The van der Waals surface area contributed by atoms with E-state index in [9.17, 15) is 18.0 Å². The molecule has 0 spiro atoms. The second-order valence-corrected chi connectivity index (χ2v) is 3.99. The highest BCUT2D eigenvalue weighted by Crippen LogP contribution is 2.33. The number of benzene rings is 1. The molecule has 0 atom stereocenters. The number of ether oxygens (including phenoxy) is 1. The minimum atomic E-state index is -4.88. The van der Waals surface area contributed by atoms with Crippen molar-refractivity contribution in [2.75, 3.05) is 5.73 Å². The molecule has 1 aromatic carbocycles. The molecule has 0 aliphatic rings. The topological polar surface area (TPSA) is 72.5 Å². The van der Waals surface area contributed by atoms with E-state index in [0.29, 0.717) is 10.5 Å². The van der Waals surface area contributed by atoms with Crippen LogP contribution in [-0.4, -0.2) is 17.4 Å². The first-order valence-electron chi connectivity index (χ1n) is 4.45. The van der Waals surface area contributed by atoms with Crippen molar-refractivity contribution < 1.29 is 27.8 Å². The van der Waals surface area contributed by atoms with Crippen LogP contribution < -0.4 is 10.5 Å². The highest BCUT2D eigenvalue weighted by Gasteiger charge is 2.32. The maximum absolute atomic E-state index is 12.1. The smallest absolute Gasteiger partial charge is 0.478 e. The number of carboxylic acid groups (broad SMARTS) is 1. The summed E-state index contributed by atoms with van der Waals surface area (Å²) in [5, 5.41) is 8.44. The van der Waals surface area contributed by atoms with E-state index < -0.39 is 18.1 Å². The number of aliphatic carboxylic acids is 1. The molecule has 98 valence electrons. The number of rotatable bonds is 3. The number of halogens is 4. The molecule has 1 aromatic rings. The number of hydrogen-bond acceptors (Lipinski definition) is 3. The zero-order valence-corrected chi connectivity index (χ0v) is 10.2. The zero-order valence-electron chi connectivity index (χ0n) is 8.66. The zero-order chi connectivity index (χ0) is 13.9. The molecule has 1 rings (SSSR count). The largest absolute Gasteiger partial charge is 0.573 e. The predicted octanol–water partition coefficient (Wildman–Crippen LogP) is 3.03. The van der Waals surface area contributed by atoms with Crippen LogP contribution in [0.2, 0.25) is 0 Å². The average Bonchev–Trinajstić information content (AvgIpc) is 2.18. The minimum absolute atomic E-state index is 0.0433. The highest BCUT2D eigenvalue weighted by atomic mass is 79.9. The number of carboxylic acids is 1. The van der Waals surface area contributed by atoms with E-state index in [-0.39, 0.29) is 11.3 Å². The molecule has 0 aromatic heterocycles. The third-order valence-electron chi connectivity index (χ3n) is 1.76. The Kier molecular flexibility index (Phi) is 4.23. The van der Waals surface area contributed by atoms with Gasteiger partial charge in [-0.25, -0.2) is 4.79 Å². The van der Waals surface area contributed by atoms with Crippen LogP contribution in [0.3, 0.4) is 0 Å². The van der Waals surface area contributed by atoms with Crippen molar-refractivity contribution in [3.63, 3.8) is 0 Å². The van der Waals surface area contributed by atoms with Gasteiger partial charge in [0.2, 0.25) is 0 Å². The van der Waals surface area contributed by atoms with Gasteiger partial charge in [0.1, 0.15) is 5.75 Å². The molecule has 4 nitrogen and oxygen atoms in total. The average molecular weight is 326 g/mol. The molecule has 0 fully saturated rings. The summed E-state index contributed by atoms with van der Waals surface area (Å²) in [6.45, 7) is 0. The third kappa shape index (κ3) is 4.28. The van der Waals surface area contributed by atoms with Gasteiger partial charge in [-0.15, -0.1) is 13.2 Å². The monoisotopic (exact) mass is 325 g/mol. The minimum Gasteiger partial charge on any atom is -0.478 e. The first-order valence-corrected chi connectivity index (χ1v) is 5.24. The van der Waals surface area contributed by atoms with Crippen LogP contribution >= 0.6 is 15.9 Å². The molecular formula is C10H7BrF3NO3. The second-order valence-electron chi connectivity index (χ2n) is 3.13. The van der Waals surface area contributed by atoms with Crippen molar-refractivity contribution in [1.29, 1.82) is 0 Å². The van der Waals surface area contributed by atoms with E-state index in [1.54, 1.807) is 0 Å². The van der Waals surface area contributed by atoms with Crippen molar-refractivity contribution in [1.82, 2.24) is 0 Å². The predicted molar refractivity (Wildman–Crippen MR) is 61.9 cm³/mol. The lowest BCUT2D eigenvalue weighted by Crippen LogP contribution is -2.18. The number of alkyl halides is 3. The van der Waals surface area contributed by atoms with Crippen molar-refractivity contribution >= 4 is 33.7 Å². The SMILES string of the molecule is Nc1cc(OC(F)(F)F)c(/C=C/C(=O)O)cc1Br. The van der Waals surface area contributed by atoms with Gasteiger partial charge in [-0.2, -0.15) is 0 Å². The maximum Gasteiger partial charge on any atom is 0.573 e. The summed E-state index contributed by atoms with van der Waals surface area (Å²) in [6.07, 6.45) is -3.21. The van der Waals surface area contributed by atoms with Crippen LogP contribution in [0, 0.1) is 0 Å². The normalized spacial score (nSPS) is 11.8. The molecular weight excluding hydrogens is 319 g/mol. The molecule has 0 aliphatic heterocycles. The molecule has 0 aliphatic carbocycles. The second kappa shape index (κ2) is 5.30. The summed E-state index contributed by atoms with van der Waals surface area (Å²) < 4.78 is 40.5. The summed E-state index contributed by atoms with van der Waals surface area (Å²) in [4.78, 5) is 10.3. The van der Waals surface area contributed by atoms with Crippen LogP contribution in [-0.2, 0) is 4.79 Å².